The summed E-state index contributed by atoms with van der Waals surface area (Å²) in [6.07, 6.45) is 0. The Morgan fingerprint density at radius 3 is 1.66 bits per heavy atom. The van der Waals surface area contributed by atoms with Gasteiger partial charge in [0.25, 0.3) is 0 Å². The summed E-state index contributed by atoms with van der Waals surface area (Å²) in [5.74, 6) is 0. The molecule has 0 bridgehead atoms. The van der Waals surface area contributed by atoms with Crippen LogP contribution in [0.5, 0.6) is 0 Å². The van der Waals surface area contributed by atoms with E-state index in [4.69, 9.17) is 4.42 Å². The van der Waals surface area contributed by atoms with E-state index in [1.165, 1.54) is 49.2 Å². The highest BCUT2D eigenvalue weighted by atomic mass is 16.3. The molecule has 10 aromatic rings. The van der Waals surface area contributed by atoms with Gasteiger partial charge in [0.05, 0.1) is 0 Å². The van der Waals surface area contributed by atoms with Crippen LogP contribution in [0.3, 0.4) is 0 Å². The highest BCUT2D eigenvalue weighted by molar-refractivity contribution is 6.19. The number of hydrogen-bond acceptors (Lipinski definition) is 2. The normalized spacial score (nSPS) is 11.6. The van der Waals surface area contributed by atoms with Crippen molar-refractivity contribution in [3.63, 3.8) is 0 Å². The van der Waals surface area contributed by atoms with Crippen molar-refractivity contribution < 1.29 is 4.42 Å². The Morgan fingerprint density at radius 1 is 0.320 bits per heavy atom. The highest BCUT2D eigenvalue weighted by Crippen LogP contribution is 2.43. The third kappa shape index (κ3) is 4.65. The molecule has 0 aliphatic rings. The van der Waals surface area contributed by atoms with Gasteiger partial charge in [-0.25, -0.2) is 0 Å². The van der Waals surface area contributed by atoms with Crippen LogP contribution >= 0.6 is 0 Å². The molecule has 1 aromatic heterocycles. The maximum absolute atomic E-state index is 6.79. The number of benzene rings is 9. The zero-order chi connectivity index (χ0) is 33.0. The first-order valence-electron chi connectivity index (χ1n) is 17.1. The fourth-order valence-electron chi connectivity index (χ4n) is 7.60. The molecule has 0 amide bonds. The Labute approximate surface area is 290 Å². The van der Waals surface area contributed by atoms with Crippen LogP contribution < -0.4 is 4.90 Å². The Kier molecular flexibility index (Phi) is 6.53. The van der Waals surface area contributed by atoms with Crippen molar-refractivity contribution in [3.05, 3.63) is 188 Å². The molecule has 0 atom stereocenters. The van der Waals surface area contributed by atoms with Crippen molar-refractivity contribution in [1.29, 1.82) is 0 Å². The second-order valence-corrected chi connectivity index (χ2v) is 12.9. The number of fused-ring (bicyclic) bond motifs is 8. The molecule has 0 saturated heterocycles. The summed E-state index contributed by atoms with van der Waals surface area (Å²) in [5.41, 5.74) is 9.80. The van der Waals surface area contributed by atoms with E-state index in [1.54, 1.807) is 0 Å². The highest BCUT2D eigenvalue weighted by Gasteiger charge is 2.19. The van der Waals surface area contributed by atoms with E-state index in [-0.39, 0.29) is 0 Å². The van der Waals surface area contributed by atoms with Gasteiger partial charge in [0, 0.05) is 39.3 Å². The van der Waals surface area contributed by atoms with Crippen molar-refractivity contribution in [3.8, 4) is 22.3 Å². The van der Waals surface area contributed by atoms with E-state index >= 15 is 0 Å². The Morgan fingerprint density at radius 2 is 0.880 bits per heavy atom. The van der Waals surface area contributed by atoms with Gasteiger partial charge in [-0.2, -0.15) is 0 Å². The third-order valence-electron chi connectivity index (χ3n) is 10.0. The molecule has 50 heavy (non-hydrogen) atoms. The molecule has 0 aliphatic heterocycles. The van der Waals surface area contributed by atoms with Crippen molar-refractivity contribution in [2.75, 3.05) is 4.90 Å². The van der Waals surface area contributed by atoms with Crippen molar-refractivity contribution >= 4 is 71.3 Å². The third-order valence-corrected chi connectivity index (χ3v) is 10.0. The summed E-state index contributed by atoms with van der Waals surface area (Å²) >= 11 is 0. The standard InChI is InChI=1S/C48H31NO/c1-3-11-32(12-4-1)33-21-23-37(24-22-33)49(38-25-27-41-36(29-38)20-19-35-15-7-8-16-40(35)41)39-26-28-43-46-31-45(34-13-5-2-6-14-34)42-17-9-10-18-44(42)48(46)50-47(43)30-39/h1-31H. The fraction of sp³-hybridized carbons (Fsp3) is 0. The molecule has 2 nitrogen and oxygen atoms in total. The maximum Gasteiger partial charge on any atom is 0.143 e. The largest absolute Gasteiger partial charge is 0.455 e. The van der Waals surface area contributed by atoms with E-state index < -0.39 is 0 Å². The monoisotopic (exact) mass is 637 g/mol. The average molecular weight is 638 g/mol. The van der Waals surface area contributed by atoms with E-state index in [0.717, 1.165) is 44.4 Å². The molecule has 2 heteroatoms. The Bertz CT molecular complexity index is 2850. The summed E-state index contributed by atoms with van der Waals surface area (Å²) in [7, 11) is 0. The van der Waals surface area contributed by atoms with Gasteiger partial charge >= 0.3 is 0 Å². The van der Waals surface area contributed by atoms with E-state index in [9.17, 15) is 0 Å². The van der Waals surface area contributed by atoms with Gasteiger partial charge in [0.15, 0.2) is 0 Å². The van der Waals surface area contributed by atoms with Crippen LogP contribution in [0.2, 0.25) is 0 Å². The first kappa shape index (κ1) is 28.4. The lowest BCUT2D eigenvalue weighted by Gasteiger charge is -2.26. The quantitative estimate of drug-likeness (QED) is 0.175. The molecular formula is C48H31NO. The molecule has 0 aliphatic carbocycles. The van der Waals surface area contributed by atoms with Crippen molar-refractivity contribution in [2.45, 2.75) is 0 Å². The molecule has 10 rings (SSSR count). The smallest absolute Gasteiger partial charge is 0.143 e. The van der Waals surface area contributed by atoms with Crippen LogP contribution in [0, 0.1) is 0 Å². The lowest BCUT2D eigenvalue weighted by molar-refractivity contribution is 0.673. The first-order valence-corrected chi connectivity index (χ1v) is 17.1. The van der Waals surface area contributed by atoms with Crippen molar-refractivity contribution in [2.24, 2.45) is 0 Å². The molecule has 0 N–H and O–H groups in total. The topological polar surface area (TPSA) is 16.4 Å². The molecule has 1 heterocycles. The minimum Gasteiger partial charge on any atom is -0.455 e. The molecule has 234 valence electrons. The second-order valence-electron chi connectivity index (χ2n) is 12.9. The molecule has 0 fully saturated rings. The summed E-state index contributed by atoms with van der Waals surface area (Å²) in [4.78, 5) is 2.34. The van der Waals surface area contributed by atoms with Gasteiger partial charge in [0.2, 0.25) is 0 Å². The molecule has 0 unspecified atom stereocenters. The molecule has 9 aromatic carbocycles. The van der Waals surface area contributed by atoms with E-state index in [0.29, 0.717) is 0 Å². The van der Waals surface area contributed by atoms with Gasteiger partial charge in [-0.05, 0) is 91.6 Å². The number of anilines is 3. The van der Waals surface area contributed by atoms with E-state index in [2.05, 4.69) is 193 Å². The van der Waals surface area contributed by atoms with Gasteiger partial charge < -0.3 is 9.32 Å². The van der Waals surface area contributed by atoms with Crippen molar-refractivity contribution in [1.82, 2.24) is 0 Å². The van der Waals surface area contributed by atoms with Crippen LogP contribution in [0.4, 0.5) is 17.1 Å². The molecule has 0 spiro atoms. The van der Waals surface area contributed by atoms with Gasteiger partial charge in [-0.1, -0.05) is 140 Å². The summed E-state index contributed by atoms with van der Waals surface area (Å²) in [6, 6.07) is 67.4. The Balaban J connectivity index is 1.17. The summed E-state index contributed by atoms with van der Waals surface area (Å²) < 4.78 is 6.79. The number of furan rings is 1. The molecule has 0 saturated carbocycles. The van der Waals surface area contributed by atoms with Crippen LogP contribution in [-0.2, 0) is 0 Å². The summed E-state index contributed by atoms with van der Waals surface area (Å²) in [6.45, 7) is 0. The average Bonchev–Trinajstić information content (AvgIpc) is 3.56. The van der Waals surface area contributed by atoms with Gasteiger partial charge in [0.1, 0.15) is 11.2 Å². The van der Waals surface area contributed by atoms with Gasteiger partial charge in [-0.15, -0.1) is 0 Å². The summed E-state index contributed by atoms with van der Waals surface area (Å²) in [5, 5.41) is 9.51. The fourth-order valence-corrected chi connectivity index (χ4v) is 7.60. The van der Waals surface area contributed by atoms with Crippen LogP contribution in [0.1, 0.15) is 0 Å². The first-order chi connectivity index (χ1) is 24.8. The second kappa shape index (κ2) is 11.5. The zero-order valence-electron chi connectivity index (χ0n) is 27.3. The molecular weight excluding hydrogens is 607 g/mol. The Hall–Kier alpha value is -6.64. The number of nitrogens with zero attached hydrogens (tertiary/aromatic N) is 1. The minimum absolute atomic E-state index is 0.866. The minimum atomic E-state index is 0.866. The maximum atomic E-state index is 6.79. The molecule has 0 radical (unpaired) electrons. The lowest BCUT2D eigenvalue weighted by Crippen LogP contribution is -2.09. The SMILES string of the molecule is c1ccc(-c2ccc(N(c3ccc4c(ccc5ccccc54)c3)c3ccc4c(c3)oc3c5ccccc5c(-c5ccccc5)cc43)cc2)cc1. The van der Waals surface area contributed by atoms with Crippen LogP contribution in [0.25, 0.3) is 76.5 Å². The van der Waals surface area contributed by atoms with E-state index in [1.807, 2.05) is 0 Å². The zero-order valence-corrected chi connectivity index (χ0v) is 27.3. The lowest BCUT2D eigenvalue weighted by atomic mass is 9.95. The predicted molar refractivity (Wildman–Crippen MR) is 212 cm³/mol. The van der Waals surface area contributed by atoms with Crippen LogP contribution in [0.15, 0.2) is 192 Å². The van der Waals surface area contributed by atoms with Gasteiger partial charge in [-0.3, -0.25) is 0 Å². The van der Waals surface area contributed by atoms with Crippen LogP contribution in [-0.4, -0.2) is 0 Å². The number of rotatable bonds is 5. The number of hydrogen-bond donors (Lipinski definition) is 0. The predicted octanol–water partition coefficient (Wildman–Crippen LogP) is 13.8.